The number of nitrogen functional groups attached to an aromatic ring is 1. The summed E-state index contributed by atoms with van der Waals surface area (Å²) in [5, 5.41) is 3.40. The molecule has 0 aliphatic carbocycles. The summed E-state index contributed by atoms with van der Waals surface area (Å²) in [5.41, 5.74) is 7.92. The monoisotopic (exact) mass is 263 g/mol. The van der Waals surface area contributed by atoms with E-state index in [4.69, 9.17) is 10.5 Å². The van der Waals surface area contributed by atoms with Crippen LogP contribution in [0.3, 0.4) is 0 Å². The highest BCUT2D eigenvalue weighted by molar-refractivity contribution is 5.96. The van der Waals surface area contributed by atoms with Crippen molar-refractivity contribution in [2.24, 2.45) is 0 Å². The molecule has 3 N–H and O–H groups in total. The summed E-state index contributed by atoms with van der Waals surface area (Å²) in [6.45, 7) is 3.50. The van der Waals surface area contributed by atoms with Crippen molar-refractivity contribution >= 4 is 17.3 Å². The molecule has 1 aliphatic heterocycles. The van der Waals surface area contributed by atoms with Crippen molar-refractivity contribution in [3.63, 3.8) is 0 Å². The lowest BCUT2D eigenvalue weighted by molar-refractivity contribution is 0.0827. The lowest BCUT2D eigenvalue weighted by Crippen LogP contribution is -2.35. The number of anilines is 2. The quantitative estimate of drug-likeness (QED) is 0.812. The Morgan fingerprint density at radius 2 is 2.21 bits per heavy atom. The Labute approximate surface area is 113 Å². The number of hydrogen-bond acceptors (Lipinski definition) is 4. The molecule has 5 heteroatoms. The normalized spacial score (nSPS) is 22.3. The lowest BCUT2D eigenvalue weighted by Gasteiger charge is -2.26. The van der Waals surface area contributed by atoms with Gasteiger partial charge in [-0.25, -0.2) is 0 Å². The van der Waals surface area contributed by atoms with E-state index in [1.54, 1.807) is 37.2 Å². The maximum Gasteiger partial charge on any atom is 0.253 e. The van der Waals surface area contributed by atoms with Gasteiger partial charge in [0, 0.05) is 26.3 Å². The average Bonchev–Trinajstić information content (AvgIpc) is 2.78. The molecule has 1 aliphatic rings. The molecule has 1 saturated heterocycles. The summed E-state index contributed by atoms with van der Waals surface area (Å²) in [7, 11) is 3.47. The summed E-state index contributed by atoms with van der Waals surface area (Å²) in [6, 6.07) is 5.32. The van der Waals surface area contributed by atoms with Crippen molar-refractivity contribution < 1.29 is 9.53 Å². The van der Waals surface area contributed by atoms with Crippen LogP contribution in [-0.4, -0.2) is 43.7 Å². The molecule has 0 radical (unpaired) electrons. The van der Waals surface area contributed by atoms with Gasteiger partial charge < -0.3 is 20.7 Å². The maximum atomic E-state index is 12.0. The van der Waals surface area contributed by atoms with Crippen LogP contribution in [0.25, 0.3) is 0 Å². The molecule has 2 rings (SSSR count). The smallest absolute Gasteiger partial charge is 0.253 e. The van der Waals surface area contributed by atoms with Crippen molar-refractivity contribution in [2.45, 2.75) is 18.9 Å². The molecule has 19 heavy (non-hydrogen) atoms. The molecule has 1 fully saturated rings. The first-order valence-corrected chi connectivity index (χ1v) is 6.38. The van der Waals surface area contributed by atoms with E-state index < -0.39 is 0 Å². The Morgan fingerprint density at radius 1 is 1.47 bits per heavy atom. The molecule has 5 nitrogen and oxygen atoms in total. The first-order chi connectivity index (χ1) is 8.91. The summed E-state index contributed by atoms with van der Waals surface area (Å²) >= 11 is 0. The first kappa shape index (κ1) is 13.7. The summed E-state index contributed by atoms with van der Waals surface area (Å²) in [4.78, 5) is 13.5. The number of hydrogen-bond donors (Lipinski definition) is 2. The third kappa shape index (κ3) is 2.98. The average molecular weight is 263 g/mol. The van der Waals surface area contributed by atoms with Crippen molar-refractivity contribution in [1.82, 2.24) is 4.90 Å². The number of benzene rings is 1. The molecule has 1 amide bonds. The molecule has 1 aromatic carbocycles. The largest absolute Gasteiger partial charge is 0.397 e. The minimum Gasteiger partial charge on any atom is -0.397 e. The van der Waals surface area contributed by atoms with Crippen LogP contribution in [0.2, 0.25) is 0 Å². The van der Waals surface area contributed by atoms with Gasteiger partial charge in [0.15, 0.2) is 0 Å². The lowest BCUT2D eigenvalue weighted by atomic mass is 10.0. The highest BCUT2D eigenvalue weighted by Crippen LogP contribution is 2.28. The van der Waals surface area contributed by atoms with E-state index in [1.807, 2.05) is 0 Å². The fraction of sp³-hybridized carbons (Fsp3) is 0.500. The third-order valence-corrected chi connectivity index (χ3v) is 3.36. The van der Waals surface area contributed by atoms with Gasteiger partial charge in [0.25, 0.3) is 5.91 Å². The maximum absolute atomic E-state index is 12.0. The molecule has 0 aromatic heterocycles. The predicted molar refractivity (Wildman–Crippen MR) is 76.3 cm³/mol. The van der Waals surface area contributed by atoms with Gasteiger partial charge in [0.2, 0.25) is 0 Å². The summed E-state index contributed by atoms with van der Waals surface area (Å²) in [5.74, 6) is -0.0316. The number of ether oxygens (including phenoxy) is 1. The van der Waals surface area contributed by atoms with Crippen molar-refractivity contribution in [2.75, 3.05) is 38.4 Å². The van der Waals surface area contributed by atoms with E-state index >= 15 is 0 Å². The molecule has 0 bridgehead atoms. The van der Waals surface area contributed by atoms with Gasteiger partial charge in [0.1, 0.15) is 0 Å². The van der Waals surface area contributed by atoms with Gasteiger partial charge in [-0.3, -0.25) is 4.79 Å². The van der Waals surface area contributed by atoms with Crippen LogP contribution in [0.5, 0.6) is 0 Å². The van der Waals surface area contributed by atoms with Crippen LogP contribution in [0, 0.1) is 0 Å². The molecule has 0 saturated carbocycles. The SMILES string of the molecule is CN(C)C(=O)c1ccc(N)c(NC2(C)CCOC2)c1. The van der Waals surface area contributed by atoms with Crippen LogP contribution in [0.15, 0.2) is 18.2 Å². The van der Waals surface area contributed by atoms with Gasteiger partial charge in [0.05, 0.1) is 23.5 Å². The third-order valence-electron chi connectivity index (χ3n) is 3.36. The summed E-state index contributed by atoms with van der Waals surface area (Å²) < 4.78 is 5.41. The second-order valence-electron chi connectivity index (χ2n) is 5.49. The van der Waals surface area contributed by atoms with Gasteiger partial charge in [-0.15, -0.1) is 0 Å². The second-order valence-corrected chi connectivity index (χ2v) is 5.49. The summed E-state index contributed by atoms with van der Waals surface area (Å²) in [6.07, 6.45) is 0.929. The number of carbonyl (C=O) groups excluding carboxylic acids is 1. The molecule has 104 valence electrons. The zero-order chi connectivity index (χ0) is 14.0. The minimum atomic E-state index is -0.117. The Morgan fingerprint density at radius 3 is 2.79 bits per heavy atom. The van der Waals surface area contributed by atoms with E-state index in [0.29, 0.717) is 17.9 Å². The number of nitrogens with two attached hydrogens (primary N) is 1. The molecule has 1 heterocycles. The molecule has 1 aromatic rings. The zero-order valence-electron chi connectivity index (χ0n) is 11.7. The topological polar surface area (TPSA) is 67.6 Å². The van der Waals surface area contributed by atoms with Crippen LogP contribution >= 0.6 is 0 Å². The number of carbonyl (C=O) groups is 1. The van der Waals surface area contributed by atoms with E-state index in [9.17, 15) is 4.79 Å². The fourth-order valence-corrected chi connectivity index (χ4v) is 2.15. The Hall–Kier alpha value is -1.75. The van der Waals surface area contributed by atoms with E-state index in [-0.39, 0.29) is 11.4 Å². The van der Waals surface area contributed by atoms with Crippen molar-refractivity contribution in [1.29, 1.82) is 0 Å². The molecule has 1 atom stereocenters. The van der Waals surface area contributed by atoms with Crippen LogP contribution in [-0.2, 0) is 4.74 Å². The zero-order valence-corrected chi connectivity index (χ0v) is 11.7. The van der Waals surface area contributed by atoms with Crippen molar-refractivity contribution in [3.05, 3.63) is 23.8 Å². The molecule has 1 unspecified atom stereocenters. The highest BCUT2D eigenvalue weighted by Gasteiger charge is 2.30. The Bertz CT molecular complexity index is 480. The van der Waals surface area contributed by atoms with Gasteiger partial charge in [-0.05, 0) is 31.5 Å². The van der Waals surface area contributed by atoms with Gasteiger partial charge in [-0.1, -0.05) is 0 Å². The molecular formula is C14H21N3O2. The van der Waals surface area contributed by atoms with Crippen molar-refractivity contribution in [3.8, 4) is 0 Å². The van der Waals surface area contributed by atoms with Crippen LogP contribution < -0.4 is 11.1 Å². The molecular weight excluding hydrogens is 242 g/mol. The first-order valence-electron chi connectivity index (χ1n) is 6.38. The number of nitrogens with zero attached hydrogens (tertiary/aromatic N) is 1. The van der Waals surface area contributed by atoms with E-state index in [2.05, 4.69) is 12.2 Å². The predicted octanol–water partition coefficient (Wildman–Crippen LogP) is 1.56. The number of nitrogens with one attached hydrogen (secondary N) is 1. The highest BCUT2D eigenvalue weighted by atomic mass is 16.5. The van der Waals surface area contributed by atoms with Gasteiger partial charge >= 0.3 is 0 Å². The van der Waals surface area contributed by atoms with Crippen LogP contribution in [0.1, 0.15) is 23.7 Å². The van der Waals surface area contributed by atoms with Gasteiger partial charge in [-0.2, -0.15) is 0 Å². The van der Waals surface area contributed by atoms with E-state index in [1.165, 1.54) is 0 Å². The minimum absolute atomic E-state index is 0.0316. The van der Waals surface area contributed by atoms with E-state index in [0.717, 1.165) is 18.7 Å². The Kier molecular flexibility index (Phi) is 3.66. The second kappa shape index (κ2) is 5.09. The fourth-order valence-electron chi connectivity index (χ4n) is 2.15. The molecule has 0 spiro atoms. The standard InChI is InChI=1S/C14H21N3O2/c1-14(6-7-19-9-14)16-12-8-10(4-5-11(12)15)13(18)17(2)3/h4-5,8,16H,6-7,9,15H2,1-3H3. The number of rotatable bonds is 3. The van der Waals surface area contributed by atoms with Crippen LogP contribution in [0.4, 0.5) is 11.4 Å². The number of amides is 1. The Balaban J connectivity index is 2.24.